The molecule has 0 aliphatic carbocycles. The molecule has 19 heavy (non-hydrogen) atoms. The van der Waals surface area contributed by atoms with Crippen molar-refractivity contribution in [2.24, 2.45) is 13.0 Å². The first-order valence-electron chi connectivity index (χ1n) is 6.19. The minimum atomic E-state index is -0.515. The van der Waals surface area contributed by atoms with E-state index in [9.17, 15) is 20.0 Å². The first kappa shape index (κ1) is 13.5. The Balaban J connectivity index is 2.15. The third-order valence-corrected chi connectivity index (χ3v) is 3.70. The predicted octanol–water partition coefficient (Wildman–Crippen LogP) is 0.776. The van der Waals surface area contributed by atoms with E-state index in [0.29, 0.717) is 18.8 Å². The van der Waals surface area contributed by atoms with Crippen molar-refractivity contribution in [1.82, 2.24) is 9.47 Å². The standard InChI is InChI=1S/C12H17N3O4/c1-8(16)9-5-6-14(7-9)12(17)10-3-4-11(13(10)2)15(18)19/h3-4,8-9,16H,5-7H2,1-2H3. The van der Waals surface area contributed by atoms with Crippen molar-refractivity contribution in [2.75, 3.05) is 13.1 Å². The van der Waals surface area contributed by atoms with Gasteiger partial charge in [0.2, 0.25) is 0 Å². The Morgan fingerprint density at radius 2 is 2.26 bits per heavy atom. The van der Waals surface area contributed by atoms with E-state index in [1.54, 1.807) is 11.8 Å². The number of hydrogen-bond acceptors (Lipinski definition) is 4. The molecule has 7 nitrogen and oxygen atoms in total. The van der Waals surface area contributed by atoms with Crippen LogP contribution in [0.15, 0.2) is 12.1 Å². The number of likely N-dealkylation sites (tertiary alicyclic amines) is 1. The lowest BCUT2D eigenvalue weighted by atomic mass is 10.0. The van der Waals surface area contributed by atoms with E-state index in [4.69, 9.17) is 0 Å². The molecule has 1 saturated heterocycles. The zero-order chi connectivity index (χ0) is 14.2. The first-order chi connectivity index (χ1) is 8.91. The van der Waals surface area contributed by atoms with Crippen LogP contribution >= 0.6 is 0 Å². The maximum atomic E-state index is 12.3. The molecule has 1 aliphatic heterocycles. The number of amides is 1. The van der Waals surface area contributed by atoms with E-state index in [-0.39, 0.29) is 17.6 Å². The van der Waals surface area contributed by atoms with E-state index < -0.39 is 11.0 Å². The van der Waals surface area contributed by atoms with Crippen LogP contribution in [0, 0.1) is 16.0 Å². The molecular weight excluding hydrogens is 250 g/mol. The maximum absolute atomic E-state index is 12.3. The van der Waals surface area contributed by atoms with Crippen molar-refractivity contribution >= 4 is 11.7 Å². The second-order valence-corrected chi connectivity index (χ2v) is 4.93. The second-order valence-electron chi connectivity index (χ2n) is 4.93. The molecule has 2 rings (SSSR count). The minimum Gasteiger partial charge on any atom is -0.393 e. The van der Waals surface area contributed by atoms with Gasteiger partial charge in [0.15, 0.2) is 5.69 Å². The minimum absolute atomic E-state index is 0.0826. The van der Waals surface area contributed by atoms with Gasteiger partial charge in [0.05, 0.1) is 13.2 Å². The average Bonchev–Trinajstić information content (AvgIpc) is 2.94. The molecule has 1 amide bonds. The Bertz CT molecular complexity index is 509. The van der Waals surface area contributed by atoms with E-state index in [1.807, 2.05) is 0 Å². The Morgan fingerprint density at radius 1 is 1.58 bits per heavy atom. The van der Waals surface area contributed by atoms with Crippen LogP contribution in [0.1, 0.15) is 23.8 Å². The number of carbonyl (C=O) groups is 1. The summed E-state index contributed by atoms with van der Waals surface area (Å²) in [6.45, 7) is 2.79. The summed E-state index contributed by atoms with van der Waals surface area (Å²) in [6, 6.07) is 2.80. The highest BCUT2D eigenvalue weighted by Crippen LogP contribution is 2.23. The van der Waals surface area contributed by atoms with Crippen molar-refractivity contribution in [1.29, 1.82) is 0 Å². The van der Waals surface area contributed by atoms with Crippen LogP contribution in [0.2, 0.25) is 0 Å². The summed E-state index contributed by atoms with van der Waals surface area (Å²) in [7, 11) is 1.51. The fourth-order valence-electron chi connectivity index (χ4n) is 2.43. The fourth-order valence-corrected chi connectivity index (χ4v) is 2.43. The SMILES string of the molecule is CC(O)C1CCN(C(=O)c2ccc([N+](=O)[O-])n2C)C1. The highest BCUT2D eigenvalue weighted by Gasteiger charge is 2.32. The lowest BCUT2D eigenvalue weighted by Crippen LogP contribution is -2.31. The molecule has 1 aliphatic rings. The van der Waals surface area contributed by atoms with Gasteiger partial charge in [0, 0.05) is 25.1 Å². The normalized spacial score (nSPS) is 20.6. The molecule has 0 saturated carbocycles. The molecule has 0 radical (unpaired) electrons. The van der Waals surface area contributed by atoms with Crippen LogP contribution in [0.25, 0.3) is 0 Å². The topological polar surface area (TPSA) is 88.6 Å². The van der Waals surface area contributed by atoms with E-state index in [0.717, 1.165) is 6.42 Å². The molecule has 0 spiro atoms. The van der Waals surface area contributed by atoms with Crippen molar-refractivity contribution in [3.05, 3.63) is 27.9 Å². The van der Waals surface area contributed by atoms with Gasteiger partial charge in [-0.25, -0.2) is 4.57 Å². The molecule has 1 aromatic heterocycles. The van der Waals surface area contributed by atoms with Crippen LogP contribution < -0.4 is 0 Å². The van der Waals surface area contributed by atoms with Gasteiger partial charge in [-0.05, 0) is 24.3 Å². The van der Waals surface area contributed by atoms with Crippen molar-refractivity contribution < 1.29 is 14.8 Å². The molecule has 104 valence electrons. The van der Waals surface area contributed by atoms with Gasteiger partial charge in [0.25, 0.3) is 5.91 Å². The summed E-state index contributed by atoms with van der Waals surface area (Å²) in [4.78, 5) is 24.1. The van der Waals surface area contributed by atoms with Crippen LogP contribution in [-0.4, -0.2) is 44.6 Å². The number of aromatic nitrogens is 1. The number of hydrogen-bond donors (Lipinski definition) is 1. The fraction of sp³-hybridized carbons (Fsp3) is 0.583. The number of rotatable bonds is 3. The maximum Gasteiger partial charge on any atom is 0.323 e. The first-order valence-corrected chi connectivity index (χ1v) is 6.19. The van der Waals surface area contributed by atoms with Gasteiger partial charge in [-0.1, -0.05) is 0 Å². The summed E-state index contributed by atoms with van der Waals surface area (Å²) in [6.07, 6.45) is 0.316. The molecule has 1 aromatic rings. The molecule has 2 unspecified atom stereocenters. The molecule has 1 fully saturated rings. The Labute approximate surface area is 110 Å². The van der Waals surface area contributed by atoms with Gasteiger partial charge in [-0.2, -0.15) is 0 Å². The average molecular weight is 267 g/mol. The zero-order valence-electron chi connectivity index (χ0n) is 10.9. The number of nitrogens with zero attached hydrogens (tertiary/aromatic N) is 3. The summed E-state index contributed by atoms with van der Waals surface area (Å²) in [5, 5.41) is 20.3. The third-order valence-electron chi connectivity index (χ3n) is 3.70. The second kappa shape index (κ2) is 5.00. The van der Waals surface area contributed by atoms with E-state index >= 15 is 0 Å². The molecular formula is C12H17N3O4. The number of carbonyl (C=O) groups excluding carboxylic acids is 1. The molecule has 2 heterocycles. The number of aliphatic hydroxyl groups excluding tert-OH is 1. The zero-order valence-corrected chi connectivity index (χ0v) is 10.9. The smallest absolute Gasteiger partial charge is 0.323 e. The van der Waals surface area contributed by atoms with Crippen molar-refractivity contribution in [3.8, 4) is 0 Å². The highest BCUT2D eigenvalue weighted by atomic mass is 16.6. The number of nitro groups is 1. The van der Waals surface area contributed by atoms with Gasteiger partial charge in [0.1, 0.15) is 0 Å². The summed E-state index contributed by atoms with van der Waals surface area (Å²) in [5.74, 6) is -0.243. The van der Waals surface area contributed by atoms with Gasteiger partial charge < -0.3 is 20.1 Å². The van der Waals surface area contributed by atoms with Gasteiger partial charge in [-0.3, -0.25) is 4.79 Å². The van der Waals surface area contributed by atoms with Crippen LogP contribution in [0.3, 0.4) is 0 Å². The van der Waals surface area contributed by atoms with E-state index in [1.165, 1.54) is 23.7 Å². The van der Waals surface area contributed by atoms with Crippen LogP contribution in [0.4, 0.5) is 5.82 Å². The van der Waals surface area contributed by atoms with Crippen LogP contribution in [-0.2, 0) is 7.05 Å². The molecule has 1 N–H and O–H groups in total. The van der Waals surface area contributed by atoms with Crippen molar-refractivity contribution in [3.63, 3.8) is 0 Å². The molecule has 0 bridgehead atoms. The lowest BCUT2D eigenvalue weighted by molar-refractivity contribution is -0.391. The van der Waals surface area contributed by atoms with Crippen molar-refractivity contribution in [2.45, 2.75) is 19.4 Å². The summed E-state index contributed by atoms with van der Waals surface area (Å²) in [5.41, 5.74) is 0.304. The summed E-state index contributed by atoms with van der Waals surface area (Å²) < 4.78 is 1.29. The monoisotopic (exact) mass is 267 g/mol. The largest absolute Gasteiger partial charge is 0.393 e. The quantitative estimate of drug-likeness (QED) is 0.647. The number of aliphatic hydroxyl groups is 1. The molecule has 0 aromatic carbocycles. The molecule has 2 atom stereocenters. The van der Waals surface area contributed by atoms with E-state index in [2.05, 4.69) is 0 Å². The predicted molar refractivity (Wildman–Crippen MR) is 67.8 cm³/mol. The van der Waals surface area contributed by atoms with Gasteiger partial charge >= 0.3 is 5.82 Å². The Morgan fingerprint density at radius 3 is 2.74 bits per heavy atom. The lowest BCUT2D eigenvalue weighted by Gasteiger charge is -2.16. The Hall–Kier alpha value is -1.89. The van der Waals surface area contributed by atoms with Gasteiger partial charge in [-0.15, -0.1) is 0 Å². The van der Waals surface area contributed by atoms with Crippen LogP contribution in [0.5, 0.6) is 0 Å². The molecule has 7 heteroatoms. The third kappa shape index (κ3) is 2.46. The highest BCUT2D eigenvalue weighted by molar-refractivity contribution is 5.93. The summed E-state index contributed by atoms with van der Waals surface area (Å²) >= 11 is 0. The Kier molecular flexibility index (Phi) is 3.57.